The lowest BCUT2D eigenvalue weighted by Crippen LogP contribution is -2.36. The molecule has 18 heavy (non-hydrogen) atoms. The molecule has 1 heterocycles. The molecule has 1 aromatic rings. The third-order valence-corrected chi connectivity index (χ3v) is 3.53. The average molecular weight is 266 g/mol. The summed E-state index contributed by atoms with van der Waals surface area (Å²) in [5, 5.41) is 9.80. The lowest BCUT2D eigenvalue weighted by atomic mass is 10.2. The second-order valence-corrected chi connectivity index (χ2v) is 4.77. The second kappa shape index (κ2) is 6.03. The third-order valence-electron chi connectivity index (χ3n) is 3.18. The van der Waals surface area contributed by atoms with Crippen molar-refractivity contribution < 1.29 is 9.90 Å². The van der Waals surface area contributed by atoms with E-state index in [0.717, 1.165) is 24.9 Å². The number of carbonyl (C=O) groups is 1. The number of rotatable bonds is 3. The highest BCUT2D eigenvalue weighted by atomic mass is 35.5. The molecule has 0 saturated carbocycles. The van der Waals surface area contributed by atoms with Gasteiger partial charge in [-0.25, -0.2) is 0 Å². The van der Waals surface area contributed by atoms with Gasteiger partial charge in [0.15, 0.2) is 0 Å². The molecule has 1 unspecified atom stereocenters. The summed E-state index contributed by atoms with van der Waals surface area (Å²) in [6, 6.07) is 7.34. The smallest absolute Gasteiger partial charge is 0.246 e. The molecule has 2 rings (SSSR count). The number of amides is 1. The Labute approximate surface area is 112 Å². The van der Waals surface area contributed by atoms with Crippen LogP contribution in [0.3, 0.4) is 0 Å². The fourth-order valence-corrected chi connectivity index (χ4v) is 2.38. The van der Waals surface area contributed by atoms with Crippen molar-refractivity contribution in [2.75, 3.05) is 13.2 Å². The maximum atomic E-state index is 12.0. The van der Waals surface area contributed by atoms with E-state index in [0.29, 0.717) is 5.02 Å². The van der Waals surface area contributed by atoms with Crippen molar-refractivity contribution in [3.63, 3.8) is 0 Å². The van der Waals surface area contributed by atoms with E-state index >= 15 is 0 Å². The van der Waals surface area contributed by atoms with Gasteiger partial charge in [-0.2, -0.15) is 0 Å². The van der Waals surface area contributed by atoms with Crippen LogP contribution >= 0.6 is 11.6 Å². The minimum Gasteiger partial charge on any atom is -0.394 e. The normalized spacial score (nSPS) is 19.7. The third kappa shape index (κ3) is 2.92. The molecule has 0 bridgehead atoms. The Morgan fingerprint density at radius 1 is 1.50 bits per heavy atom. The van der Waals surface area contributed by atoms with Crippen molar-refractivity contribution in [2.24, 2.45) is 0 Å². The standard InChI is InChI=1S/C14H16ClNO2/c15-13-6-2-1-4-11(13)7-8-14(18)16-9-3-5-12(16)10-17/h1-2,4,6-8,12,17H,3,5,9-10H2/b8-7+. The molecule has 0 spiro atoms. The summed E-state index contributed by atoms with van der Waals surface area (Å²) in [5.74, 6) is -0.0635. The molecule has 1 aliphatic rings. The van der Waals surface area contributed by atoms with E-state index in [-0.39, 0.29) is 18.6 Å². The van der Waals surface area contributed by atoms with Gasteiger partial charge in [0.05, 0.1) is 12.6 Å². The lowest BCUT2D eigenvalue weighted by Gasteiger charge is -2.21. The molecule has 1 aromatic carbocycles. The molecule has 1 N–H and O–H groups in total. The summed E-state index contributed by atoms with van der Waals surface area (Å²) in [5.41, 5.74) is 0.826. The maximum Gasteiger partial charge on any atom is 0.246 e. The van der Waals surface area contributed by atoms with Crippen molar-refractivity contribution >= 4 is 23.6 Å². The first-order valence-corrected chi connectivity index (χ1v) is 6.44. The number of aliphatic hydroxyl groups is 1. The Morgan fingerprint density at radius 3 is 3.00 bits per heavy atom. The molecule has 3 nitrogen and oxygen atoms in total. The van der Waals surface area contributed by atoms with Crippen molar-refractivity contribution in [3.05, 3.63) is 40.9 Å². The van der Waals surface area contributed by atoms with E-state index in [4.69, 9.17) is 11.6 Å². The number of carbonyl (C=O) groups excluding carboxylic acids is 1. The van der Waals surface area contributed by atoms with Crippen molar-refractivity contribution in [1.82, 2.24) is 4.90 Å². The van der Waals surface area contributed by atoms with Crippen LogP contribution in [0.1, 0.15) is 18.4 Å². The van der Waals surface area contributed by atoms with Crippen LogP contribution in [-0.4, -0.2) is 35.1 Å². The van der Waals surface area contributed by atoms with E-state index in [1.807, 2.05) is 18.2 Å². The van der Waals surface area contributed by atoms with Crippen LogP contribution in [0, 0.1) is 0 Å². The van der Waals surface area contributed by atoms with Gasteiger partial charge in [-0.3, -0.25) is 4.79 Å². The van der Waals surface area contributed by atoms with Crippen LogP contribution in [0.2, 0.25) is 5.02 Å². The van der Waals surface area contributed by atoms with Crippen LogP contribution in [0.15, 0.2) is 30.3 Å². The van der Waals surface area contributed by atoms with E-state index in [1.165, 1.54) is 6.08 Å². The Kier molecular flexibility index (Phi) is 4.39. The zero-order valence-electron chi connectivity index (χ0n) is 10.1. The predicted octanol–water partition coefficient (Wildman–Crippen LogP) is 2.34. The Bertz CT molecular complexity index is 459. The SMILES string of the molecule is O=C(/C=C/c1ccccc1Cl)N1CCCC1CO. The van der Waals surface area contributed by atoms with Gasteiger partial charge in [0.25, 0.3) is 0 Å². The van der Waals surface area contributed by atoms with Crippen LogP contribution in [0.4, 0.5) is 0 Å². The number of likely N-dealkylation sites (tertiary alicyclic amines) is 1. The number of halogens is 1. The first-order valence-electron chi connectivity index (χ1n) is 6.06. The van der Waals surface area contributed by atoms with Gasteiger partial charge >= 0.3 is 0 Å². The fraction of sp³-hybridized carbons (Fsp3) is 0.357. The predicted molar refractivity (Wildman–Crippen MR) is 72.3 cm³/mol. The molecule has 1 saturated heterocycles. The summed E-state index contributed by atoms with van der Waals surface area (Å²) in [7, 11) is 0. The van der Waals surface area contributed by atoms with Gasteiger partial charge in [-0.15, -0.1) is 0 Å². The largest absolute Gasteiger partial charge is 0.394 e. The van der Waals surface area contributed by atoms with Crippen LogP contribution < -0.4 is 0 Å². The zero-order valence-corrected chi connectivity index (χ0v) is 10.8. The summed E-state index contributed by atoms with van der Waals surface area (Å²) in [4.78, 5) is 13.7. The van der Waals surface area contributed by atoms with E-state index in [1.54, 1.807) is 17.0 Å². The maximum absolute atomic E-state index is 12.0. The van der Waals surface area contributed by atoms with Crippen LogP contribution in [0.25, 0.3) is 6.08 Å². The first kappa shape index (κ1) is 13.1. The summed E-state index contributed by atoms with van der Waals surface area (Å²) in [6.07, 6.45) is 5.08. The highest BCUT2D eigenvalue weighted by Crippen LogP contribution is 2.19. The molecule has 1 aliphatic heterocycles. The van der Waals surface area contributed by atoms with E-state index in [9.17, 15) is 9.90 Å². The Balaban J connectivity index is 2.05. The first-order chi connectivity index (χ1) is 8.72. The summed E-state index contributed by atoms with van der Waals surface area (Å²) in [6.45, 7) is 0.753. The lowest BCUT2D eigenvalue weighted by molar-refractivity contribution is -0.127. The number of benzene rings is 1. The van der Waals surface area contributed by atoms with Crippen molar-refractivity contribution in [2.45, 2.75) is 18.9 Å². The Morgan fingerprint density at radius 2 is 2.28 bits per heavy atom. The van der Waals surface area contributed by atoms with Gasteiger partial charge in [0, 0.05) is 17.6 Å². The topological polar surface area (TPSA) is 40.5 Å². The minimum atomic E-state index is -0.0635. The van der Waals surface area contributed by atoms with Crippen molar-refractivity contribution in [3.8, 4) is 0 Å². The fourth-order valence-electron chi connectivity index (χ4n) is 2.18. The quantitative estimate of drug-likeness (QED) is 0.853. The van der Waals surface area contributed by atoms with Crippen molar-refractivity contribution in [1.29, 1.82) is 0 Å². The molecule has 0 aromatic heterocycles. The highest BCUT2D eigenvalue weighted by molar-refractivity contribution is 6.32. The van der Waals surface area contributed by atoms with Crippen LogP contribution in [0.5, 0.6) is 0 Å². The van der Waals surface area contributed by atoms with Gasteiger partial charge in [0.1, 0.15) is 0 Å². The molecule has 1 atom stereocenters. The molecule has 4 heteroatoms. The van der Waals surface area contributed by atoms with Gasteiger partial charge in [-0.1, -0.05) is 29.8 Å². The minimum absolute atomic E-state index is 0.0334. The molecular weight excluding hydrogens is 250 g/mol. The molecular formula is C14H16ClNO2. The van der Waals surface area contributed by atoms with Crippen LogP contribution in [-0.2, 0) is 4.79 Å². The molecule has 96 valence electrons. The van der Waals surface area contributed by atoms with Gasteiger partial charge in [0.2, 0.25) is 5.91 Å². The molecule has 1 fully saturated rings. The van der Waals surface area contributed by atoms with Gasteiger partial charge in [-0.05, 0) is 30.5 Å². The zero-order chi connectivity index (χ0) is 13.0. The number of nitrogens with zero attached hydrogens (tertiary/aromatic N) is 1. The molecule has 1 amide bonds. The van der Waals surface area contributed by atoms with E-state index in [2.05, 4.69) is 0 Å². The monoisotopic (exact) mass is 265 g/mol. The second-order valence-electron chi connectivity index (χ2n) is 4.37. The van der Waals surface area contributed by atoms with E-state index < -0.39 is 0 Å². The number of hydrogen-bond donors (Lipinski definition) is 1. The summed E-state index contributed by atoms with van der Waals surface area (Å²) >= 11 is 6.01. The highest BCUT2D eigenvalue weighted by Gasteiger charge is 2.26. The number of hydrogen-bond acceptors (Lipinski definition) is 2. The number of aliphatic hydroxyl groups excluding tert-OH is 1. The molecule has 0 radical (unpaired) electrons. The van der Waals surface area contributed by atoms with Gasteiger partial charge < -0.3 is 10.0 Å². The average Bonchev–Trinajstić information content (AvgIpc) is 2.86. The Hall–Kier alpha value is -1.32. The molecule has 0 aliphatic carbocycles. The summed E-state index contributed by atoms with van der Waals surface area (Å²) < 4.78 is 0.